The summed E-state index contributed by atoms with van der Waals surface area (Å²) in [6.45, 7) is 0. The van der Waals surface area contributed by atoms with Crippen LogP contribution in [0.15, 0.2) is 41.6 Å². The molecule has 2 aliphatic carbocycles. The molecule has 2 saturated carbocycles. The van der Waals surface area contributed by atoms with Gasteiger partial charge in [0.2, 0.25) is 11.8 Å². The molecule has 1 amide bonds. The quantitative estimate of drug-likeness (QED) is 0.640. The van der Waals surface area contributed by atoms with E-state index >= 15 is 0 Å². The van der Waals surface area contributed by atoms with Crippen LogP contribution in [0, 0.1) is 5.92 Å². The monoisotopic (exact) mass is 465 g/mol. The smallest absolute Gasteiger partial charge is 0.233 e. The molecule has 0 spiro atoms. The van der Waals surface area contributed by atoms with Gasteiger partial charge in [-0.25, -0.2) is 27.2 Å². The molecule has 1 aromatic carbocycles. The van der Waals surface area contributed by atoms with Crippen LogP contribution in [0.4, 0.5) is 14.6 Å². The third kappa shape index (κ3) is 4.90. The van der Waals surface area contributed by atoms with Crippen molar-refractivity contribution < 1.29 is 26.7 Å². The van der Waals surface area contributed by atoms with E-state index in [9.17, 15) is 22.0 Å². The SMILES string of the molecule is COc1cnc(NC(=O)[C@H](CC2C[C@@H](F)[C@@H](F)C2)c2ccc(S(=O)(=O)C3CC3)cc2)cn1. The first-order valence-corrected chi connectivity index (χ1v) is 12.1. The molecule has 1 aromatic heterocycles. The van der Waals surface area contributed by atoms with Gasteiger partial charge in [-0.2, -0.15) is 0 Å². The Morgan fingerprint density at radius 3 is 2.31 bits per heavy atom. The molecular formula is C22H25F2N3O4S. The van der Waals surface area contributed by atoms with Gasteiger partial charge in [0.05, 0.1) is 35.6 Å². The van der Waals surface area contributed by atoms with Crippen LogP contribution >= 0.6 is 0 Å². The van der Waals surface area contributed by atoms with E-state index in [-0.39, 0.29) is 41.1 Å². The number of rotatable bonds is 8. The number of ether oxygens (including phenoxy) is 1. The molecule has 7 nitrogen and oxygen atoms in total. The van der Waals surface area contributed by atoms with Crippen LogP contribution in [0.3, 0.4) is 0 Å². The highest BCUT2D eigenvalue weighted by atomic mass is 32.2. The van der Waals surface area contributed by atoms with Crippen LogP contribution in [-0.4, -0.2) is 49.0 Å². The number of amides is 1. The predicted molar refractivity (Wildman–Crippen MR) is 114 cm³/mol. The topological polar surface area (TPSA) is 98.2 Å². The Morgan fingerprint density at radius 2 is 1.78 bits per heavy atom. The molecular weight excluding hydrogens is 440 g/mol. The Labute approximate surface area is 185 Å². The lowest BCUT2D eigenvalue weighted by Gasteiger charge is -2.20. The number of alkyl halides is 2. The lowest BCUT2D eigenvalue weighted by molar-refractivity contribution is -0.118. The second-order valence-electron chi connectivity index (χ2n) is 8.40. The zero-order chi connectivity index (χ0) is 22.9. The largest absolute Gasteiger partial charge is 0.480 e. The summed E-state index contributed by atoms with van der Waals surface area (Å²) in [7, 11) is -1.90. The van der Waals surface area contributed by atoms with E-state index in [4.69, 9.17) is 4.74 Å². The fourth-order valence-corrected chi connectivity index (χ4v) is 5.77. The average molecular weight is 466 g/mol. The van der Waals surface area contributed by atoms with Crippen molar-refractivity contribution in [1.82, 2.24) is 9.97 Å². The number of aromatic nitrogens is 2. The third-order valence-electron chi connectivity index (χ3n) is 6.06. The summed E-state index contributed by atoms with van der Waals surface area (Å²) in [5.74, 6) is -0.917. The van der Waals surface area contributed by atoms with Crippen molar-refractivity contribution in [2.24, 2.45) is 5.92 Å². The third-order valence-corrected chi connectivity index (χ3v) is 8.34. The molecule has 4 rings (SSSR count). The summed E-state index contributed by atoms with van der Waals surface area (Å²) in [5, 5.41) is 2.36. The van der Waals surface area contributed by atoms with Gasteiger partial charge in [-0.15, -0.1) is 0 Å². The number of carbonyl (C=O) groups excluding carboxylic acids is 1. The summed E-state index contributed by atoms with van der Waals surface area (Å²) in [6, 6.07) is 6.21. The number of sulfone groups is 1. The molecule has 0 radical (unpaired) electrons. The Morgan fingerprint density at radius 1 is 1.12 bits per heavy atom. The van der Waals surface area contributed by atoms with E-state index < -0.39 is 34.0 Å². The van der Waals surface area contributed by atoms with E-state index in [0.717, 1.165) is 0 Å². The van der Waals surface area contributed by atoms with Gasteiger partial charge in [0.25, 0.3) is 0 Å². The minimum absolute atomic E-state index is 0.0570. The standard InChI is InChI=1S/C22H25F2N3O4S/c1-31-21-12-25-20(11-26-21)27-22(28)17(8-13-9-18(23)19(24)10-13)14-2-4-15(5-3-14)32(29,30)16-6-7-16/h2-5,11-13,16-19H,6-10H2,1H3,(H,25,27,28)/t13?,17-,18-,19+/m1/s1. The first-order valence-electron chi connectivity index (χ1n) is 10.6. The van der Waals surface area contributed by atoms with Gasteiger partial charge in [0.1, 0.15) is 12.3 Å². The highest BCUT2D eigenvalue weighted by Gasteiger charge is 2.38. The van der Waals surface area contributed by atoms with Crippen molar-refractivity contribution in [2.45, 2.75) is 60.5 Å². The molecule has 1 N–H and O–H groups in total. The number of halogens is 2. The molecule has 10 heteroatoms. The van der Waals surface area contributed by atoms with Gasteiger partial charge in [0.15, 0.2) is 15.7 Å². The van der Waals surface area contributed by atoms with Crippen LogP contribution in [-0.2, 0) is 14.6 Å². The summed E-state index contributed by atoms with van der Waals surface area (Å²) in [5.41, 5.74) is 0.580. The van der Waals surface area contributed by atoms with Gasteiger partial charge in [0, 0.05) is 0 Å². The van der Waals surface area contributed by atoms with Crippen LogP contribution in [0.5, 0.6) is 5.88 Å². The maximum atomic E-state index is 13.7. The van der Waals surface area contributed by atoms with E-state index in [2.05, 4.69) is 15.3 Å². The average Bonchev–Trinajstić information content (AvgIpc) is 3.59. The number of methoxy groups -OCH3 is 1. The molecule has 2 aromatic rings. The first kappa shape index (κ1) is 22.6. The predicted octanol–water partition coefficient (Wildman–Crippen LogP) is 3.62. The minimum atomic E-state index is -3.35. The fourth-order valence-electron chi connectivity index (χ4n) is 4.11. The zero-order valence-corrected chi connectivity index (χ0v) is 18.4. The minimum Gasteiger partial charge on any atom is -0.480 e. The number of benzene rings is 1. The molecule has 0 aliphatic heterocycles. The molecule has 4 atom stereocenters. The summed E-state index contributed by atoms with van der Waals surface area (Å²) in [6.07, 6.45) is 1.34. The van der Waals surface area contributed by atoms with Crippen molar-refractivity contribution in [3.05, 3.63) is 42.2 Å². The van der Waals surface area contributed by atoms with Crippen LogP contribution in [0.25, 0.3) is 0 Å². The van der Waals surface area contributed by atoms with Crippen LogP contribution in [0.1, 0.15) is 43.6 Å². The number of hydrogen-bond acceptors (Lipinski definition) is 6. The number of nitrogens with one attached hydrogen (secondary N) is 1. The van der Waals surface area contributed by atoms with Crippen molar-refractivity contribution in [1.29, 1.82) is 0 Å². The molecule has 1 unspecified atom stereocenters. The number of hydrogen-bond donors (Lipinski definition) is 1. The maximum Gasteiger partial charge on any atom is 0.233 e. The maximum absolute atomic E-state index is 13.7. The number of anilines is 1. The van der Waals surface area contributed by atoms with Gasteiger partial charge in [-0.1, -0.05) is 12.1 Å². The summed E-state index contributed by atoms with van der Waals surface area (Å²) in [4.78, 5) is 21.4. The summed E-state index contributed by atoms with van der Waals surface area (Å²) < 4.78 is 57.4. The normalized spacial score (nSPS) is 24.2. The molecule has 2 aliphatic rings. The van der Waals surface area contributed by atoms with E-state index in [1.54, 1.807) is 12.1 Å². The Hall–Kier alpha value is -2.62. The Bertz CT molecular complexity index is 1050. The van der Waals surface area contributed by atoms with Crippen LogP contribution in [0.2, 0.25) is 0 Å². The van der Waals surface area contributed by atoms with Gasteiger partial charge >= 0.3 is 0 Å². The van der Waals surface area contributed by atoms with Gasteiger partial charge in [-0.3, -0.25) is 4.79 Å². The lowest BCUT2D eigenvalue weighted by Crippen LogP contribution is -2.24. The second kappa shape index (κ2) is 9.09. The van der Waals surface area contributed by atoms with Crippen molar-refractivity contribution in [3.63, 3.8) is 0 Å². The number of nitrogens with zero attached hydrogens (tertiary/aromatic N) is 2. The highest BCUT2D eigenvalue weighted by molar-refractivity contribution is 7.92. The molecule has 1 heterocycles. The Kier molecular flexibility index (Phi) is 6.41. The first-order chi connectivity index (χ1) is 15.3. The van der Waals surface area contributed by atoms with Crippen molar-refractivity contribution in [2.75, 3.05) is 12.4 Å². The van der Waals surface area contributed by atoms with Crippen molar-refractivity contribution >= 4 is 21.6 Å². The molecule has 172 valence electrons. The molecule has 0 saturated heterocycles. The van der Waals surface area contributed by atoms with Gasteiger partial charge in [-0.05, 0) is 55.7 Å². The van der Waals surface area contributed by atoms with E-state index in [1.165, 1.54) is 31.6 Å². The molecule has 32 heavy (non-hydrogen) atoms. The Balaban J connectivity index is 1.55. The molecule has 0 bridgehead atoms. The van der Waals surface area contributed by atoms with Crippen molar-refractivity contribution in [3.8, 4) is 5.88 Å². The highest BCUT2D eigenvalue weighted by Crippen LogP contribution is 2.39. The lowest BCUT2D eigenvalue weighted by atomic mass is 9.87. The van der Waals surface area contributed by atoms with Gasteiger partial charge < -0.3 is 10.1 Å². The second-order valence-corrected chi connectivity index (χ2v) is 10.6. The number of carbonyl (C=O) groups is 1. The van der Waals surface area contributed by atoms with Crippen LogP contribution < -0.4 is 10.1 Å². The van der Waals surface area contributed by atoms with E-state index in [1.807, 2.05) is 0 Å². The fraction of sp³-hybridized carbons (Fsp3) is 0.500. The summed E-state index contributed by atoms with van der Waals surface area (Å²) >= 11 is 0. The zero-order valence-electron chi connectivity index (χ0n) is 17.6. The van der Waals surface area contributed by atoms with E-state index in [0.29, 0.717) is 24.3 Å². The molecule has 2 fully saturated rings.